The molecule has 0 unspecified atom stereocenters. The first-order valence-corrected chi connectivity index (χ1v) is 9.53. The molecular formula is C25H20N2O3. The average molecular weight is 396 g/mol. The maximum absolute atomic E-state index is 12.7. The fourth-order valence-corrected chi connectivity index (χ4v) is 2.89. The van der Waals surface area contributed by atoms with Gasteiger partial charge in [-0.15, -0.1) is 0 Å². The molecule has 0 saturated heterocycles. The van der Waals surface area contributed by atoms with E-state index in [1.807, 2.05) is 84.9 Å². The lowest BCUT2D eigenvalue weighted by Crippen LogP contribution is -2.13. The highest BCUT2D eigenvalue weighted by molar-refractivity contribution is 6.03. The predicted molar refractivity (Wildman–Crippen MR) is 117 cm³/mol. The summed E-state index contributed by atoms with van der Waals surface area (Å²) in [6.45, 7) is 0.246. The topological polar surface area (TPSA) is 64.4 Å². The SMILES string of the molecule is O=C(Nc1cccc(C=Cc2ccccn2)c1)c1occc1COc1ccccc1. The summed E-state index contributed by atoms with van der Waals surface area (Å²) in [6, 6.07) is 24.5. The summed E-state index contributed by atoms with van der Waals surface area (Å²) in [4.78, 5) is 17.0. The van der Waals surface area contributed by atoms with Crippen LogP contribution in [0.5, 0.6) is 5.75 Å². The zero-order chi connectivity index (χ0) is 20.6. The van der Waals surface area contributed by atoms with E-state index in [1.54, 1.807) is 12.3 Å². The van der Waals surface area contributed by atoms with Crippen LogP contribution in [0.1, 0.15) is 27.4 Å². The first kappa shape index (κ1) is 19.2. The molecular weight excluding hydrogens is 376 g/mol. The molecule has 0 spiro atoms. The molecule has 0 aliphatic heterocycles. The minimum atomic E-state index is -0.322. The van der Waals surface area contributed by atoms with E-state index in [2.05, 4.69) is 10.3 Å². The number of amides is 1. The second kappa shape index (κ2) is 9.39. The highest BCUT2D eigenvalue weighted by atomic mass is 16.5. The van der Waals surface area contributed by atoms with Crippen molar-refractivity contribution in [1.82, 2.24) is 4.98 Å². The second-order valence-electron chi connectivity index (χ2n) is 6.54. The monoisotopic (exact) mass is 396 g/mol. The van der Waals surface area contributed by atoms with Crippen LogP contribution in [-0.2, 0) is 6.61 Å². The predicted octanol–water partition coefficient (Wildman–Crippen LogP) is 5.68. The highest BCUT2D eigenvalue weighted by Crippen LogP contribution is 2.19. The van der Waals surface area contributed by atoms with Crippen molar-refractivity contribution in [3.8, 4) is 5.75 Å². The van der Waals surface area contributed by atoms with Crippen LogP contribution in [-0.4, -0.2) is 10.9 Å². The molecule has 2 aromatic heterocycles. The maximum atomic E-state index is 12.7. The number of carbonyl (C=O) groups is 1. The normalized spacial score (nSPS) is 10.8. The van der Waals surface area contributed by atoms with Gasteiger partial charge in [0.1, 0.15) is 12.4 Å². The Morgan fingerprint density at radius 3 is 2.67 bits per heavy atom. The van der Waals surface area contributed by atoms with E-state index in [0.29, 0.717) is 11.3 Å². The van der Waals surface area contributed by atoms with Crippen molar-refractivity contribution in [2.24, 2.45) is 0 Å². The second-order valence-corrected chi connectivity index (χ2v) is 6.54. The highest BCUT2D eigenvalue weighted by Gasteiger charge is 2.16. The van der Waals surface area contributed by atoms with Gasteiger partial charge in [0.05, 0.1) is 12.0 Å². The summed E-state index contributed by atoms with van der Waals surface area (Å²) < 4.78 is 11.1. The van der Waals surface area contributed by atoms with Gasteiger partial charge in [0.2, 0.25) is 0 Å². The molecule has 1 N–H and O–H groups in total. The van der Waals surface area contributed by atoms with Crippen LogP contribution in [0.25, 0.3) is 12.2 Å². The van der Waals surface area contributed by atoms with Gasteiger partial charge < -0.3 is 14.5 Å². The van der Waals surface area contributed by atoms with E-state index >= 15 is 0 Å². The molecule has 148 valence electrons. The zero-order valence-corrected chi connectivity index (χ0v) is 16.2. The number of rotatable bonds is 7. The minimum Gasteiger partial charge on any atom is -0.489 e. The summed E-state index contributed by atoms with van der Waals surface area (Å²) in [7, 11) is 0. The molecule has 1 amide bonds. The molecule has 4 aromatic rings. The third kappa shape index (κ3) is 5.02. The molecule has 0 fully saturated rings. The molecule has 0 radical (unpaired) electrons. The van der Waals surface area contributed by atoms with Crippen molar-refractivity contribution in [3.05, 3.63) is 114 Å². The minimum absolute atomic E-state index is 0.236. The number of aromatic nitrogens is 1. The third-order valence-corrected chi connectivity index (χ3v) is 4.37. The van der Waals surface area contributed by atoms with Gasteiger partial charge in [-0.1, -0.05) is 42.5 Å². The number of pyridine rings is 1. The number of hydrogen-bond donors (Lipinski definition) is 1. The molecule has 0 saturated carbocycles. The quantitative estimate of drug-likeness (QED) is 0.437. The van der Waals surface area contributed by atoms with Crippen LogP contribution in [0.15, 0.2) is 95.7 Å². The van der Waals surface area contributed by atoms with Crippen LogP contribution in [0.2, 0.25) is 0 Å². The van der Waals surface area contributed by atoms with E-state index in [-0.39, 0.29) is 18.3 Å². The Bertz CT molecular complexity index is 1140. The molecule has 2 aromatic carbocycles. The number of hydrogen-bond acceptors (Lipinski definition) is 4. The molecule has 0 aliphatic rings. The fraction of sp³-hybridized carbons (Fsp3) is 0.0400. The summed E-state index contributed by atoms with van der Waals surface area (Å²) in [6.07, 6.45) is 7.11. The first-order valence-electron chi connectivity index (χ1n) is 9.53. The van der Waals surface area contributed by atoms with Crippen LogP contribution in [0.4, 0.5) is 5.69 Å². The van der Waals surface area contributed by atoms with Gasteiger partial charge in [0, 0.05) is 17.4 Å². The van der Waals surface area contributed by atoms with Crippen molar-refractivity contribution in [3.63, 3.8) is 0 Å². The Balaban J connectivity index is 1.42. The number of carbonyl (C=O) groups excluding carboxylic acids is 1. The van der Waals surface area contributed by atoms with Gasteiger partial charge in [-0.3, -0.25) is 9.78 Å². The zero-order valence-electron chi connectivity index (χ0n) is 16.2. The van der Waals surface area contributed by atoms with Gasteiger partial charge >= 0.3 is 0 Å². The summed E-state index contributed by atoms with van der Waals surface area (Å²) in [5.74, 6) is 0.648. The van der Waals surface area contributed by atoms with Crippen molar-refractivity contribution in [1.29, 1.82) is 0 Å². The lowest BCUT2D eigenvalue weighted by Gasteiger charge is -2.08. The lowest BCUT2D eigenvalue weighted by atomic mass is 10.1. The Kier molecular flexibility index (Phi) is 6.01. The van der Waals surface area contributed by atoms with Crippen LogP contribution >= 0.6 is 0 Å². The number of ether oxygens (including phenoxy) is 1. The van der Waals surface area contributed by atoms with E-state index in [1.165, 1.54) is 6.26 Å². The molecule has 0 atom stereocenters. The van der Waals surface area contributed by atoms with Gasteiger partial charge in [-0.05, 0) is 54.1 Å². The Hall–Kier alpha value is -4.12. The van der Waals surface area contributed by atoms with E-state index in [0.717, 1.165) is 17.0 Å². The number of benzene rings is 2. The van der Waals surface area contributed by atoms with E-state index < -0.39 is 0 Å². The van der Waals surface area contributed by atoms with Crippen LogP contribution in [0, 0.1) is 0 Å². The molecule has 30 heavy (non-hydrogen) atoms. The number of nitrogens with one attached hydrogen (secondary N) is 1. The number of nitrogens with zero attached hydrogens (tertiary/aromatic N) is 1. The standard InChI is InChI=1S/C25H20N2O3/c28-25(24-20(14-16-29-24)18-30-23-10-2-1-3-11-23)27-22-9-6-7-19(17-22)12-13-21-8-4-5-15-26-21/h1-17H,18H2,(H,27,28). The molecule has 0 aliphatic carbocycles. The molecule has 4 rings (SSSR count). The van der Waals surface area contributed by atoms with E-state index in [9.17, 15) is 4.79 Å². The fourth-order valence-electron chi connectivity index (χ4n) is 2.89. The average Bonchev–Trinajstić information content (AvgIpc) is 3.27. The Morgan fingerprint density at radius 1 is 0.967 bits per heavy atom. The van der Waals surface area contributed by atoms with Crippen LogP contribution < -0.4 is 10.1 Å². The molecule has 0 bridgehead atoms. The van der Waals surface area contributed by atoms with Crippen molar-refractivity contribution in [2.75, 3.05) is 5.32 Å². The molecule has 5 nitrogen and oxygen atoms in total. The Morgan fingerprint density at radius 2 is 1.83 bits per heavy atom. The Labute approximate surface area is 174 Å². The largest absolute Gasteiger partial charge is 0.489 e. The summed E-state index contributed by atoms with van der Waals surface area (Å²) in [5.41, 5.74) is 3.17. The number of furan rings is 1. The number of anilines is 1. The summed E-state index contributed by atoms with van der Waals surface area (Å²) in [5, 5.41) is 2.88. The lowest BCUT2D eigenvalue weighted by molar-refractivity contribution is 0.0993. The van der Waals surface area contributed by atoms with E-state index in [4.69, 9.17) is 9.15 Å². The van der Waals surface area contributed by atoms with Crippen molar-refractivity contribution in [2.45, 2.75) is 6.61 Å². The van der Waals surface area contributed by atoms with Crippen molar-refractivity contribution < 1.29 is 13.9 Å². The van der Waals surface area contributed by atoms with Gasteiger partial charge in [-0.2, -0.15) is 0 Å². The van der Waals surface area contributed by atoms with Gasteiger partial charge in [0.25, 0.3) is 5.91 Å². The summed E-state index contributed by atoms with van der Waals surface area (Å²) >= 11 is 0. The van der Waals surface area contributed by atoms with Crippen LogP contribution in [0.3, 0.4) is 0 Å². The first-order chi connectivity index (χ1) is 14.8. The van der Waals surface area contributed by atoms with Gasteiger partial charge in [0.15, 0.2) is 5.76 Å². The van der Waals surface area contributed by atoms with Gasteiger partial charge in [-0.25, -0.2) is 0 Å². The third-order valence-electron chi connectivity index (χ3n) is 4.37. The van der Waals surface area contributed by atoms with Crippen molar-refractivity contribution >= 4 is 23.7 Å². The molecule has 2 heterocycles. The molecule has 5 heteroatoms. The number of para-hydroxylation sites is 1. The smallest absolute Gasteiger partial charge is 0.291 e. The maximum Gasteiger partial charge on any atom is 0.291 e.